The van der Waals surface area contributed by atoms with Crippen LogP contribution in [-0.2, 0) is 27.7 Å². The molecule has 1 N–H and O–H groups in total. The number of nitrogens with one attached hydrogen (secondary N) is 1. The number of hydrogen-bond donors (Lipinski definition) is 1. The molecule has 35 heavy (non-hydrogen) atoms. The molecule has 0 unspecified atom stereocenters. The summed E-state index contributed by atoms with van der Waals surface area (Å²) in [5.74, 6) is 0.353. The van der Waals surface area contributed by atoms with Crippen molar-refractivity contribution in [2.75, 3.05) is 5.43 Å². The van der Waals surface area contributed by atoms with Gasteiger partial charge >= 0.3 is 5.69 Å². The number of hydrogen-bond acceptors (Lipinski definition) is 6. The second-order valence-electron chi connectivity index (χ2n) is 8.08. The van der Waals surface area contributed by atoms with Crippen LogP contribution in [0.1, 0.15) is 5.56 Å². The lowest BCUT2D eigenvalue weighted by molar-refractivity contribution is 0.705. The SMILES string of the molecule is Cn1c(=O)c2c(nc(N/N=c3\scc(-c4ccc(Cl)cc4)n3Cc3ccccc3)n2C)n(C)c1=O. The summed E-state index contributed by atoms with van der Waals surface area (Å²) in [7, 11) is 4.75. The highest BCUT2D eigenvalue weighted by Crippen LogP contribution is 2.23. The fourth-order valence-corrected chi connectivity index (χ4v) is 4.90. The zero-order chi connectivity index (χ0) is 24.7. The van der Waals surface area contributed by atoms with Crippen LogP contribution < -0.4 is 21.5 Å². The first kappa shape index (κ1) is 22.9. The van der Waals surface area contributed by atoms with E-state index in [-0.39, 0.29) is 0 Å². The molecule has 3 heterocycles. The highest BCUT2D eigenvalue weighted by atomic mass is 35.5. The van der Waals surface area contributed by atoms with Crippen molar-refractivity contribution in [2.24, 2.45) is 26.2 Å². The zero-order valence-electron chi connectivity index (χ0n) is 19.3. The predicted octanol–water partition coefficient (Wildman–Crippen LogP) is 3.13. The van der Waals surface area contributed by atoms with Gasteiger partial charge in [-0.15, -0.1) is 16.4 Å². The Morgan fingerprint density at radius 1 is 0.971 bits per heavy atom. The van der Waals surface area contributed by atoms with Gasteiger partial charge < -0.3 is 9.13 Å². The van der Waals surface area contributed by atoms with E-state index in [9.17, 15) is 9.59 Å². The van der Waals surface area contributed by atoms with Crippen molar-refractivity contribution in [3.05, 3.63) is 96.2 Å². The first-order valence-corrected chi connectivity index (χ1v) is 12.0. The largest absolute Gasteiger partial charge is 0.332 e. The molecule has 0 amide bonds. The first-order chi connectivity index (χ1) is 16.8. The fourth-order valence-electron chi connectivity index (χ4n) is 3.91. The van der Waals surface area contributed by atoms with Crippen LogP contribution in [0.15, 0.2) is 74.7 Å². The number of halogens is 1. The van der Waals surface area contributed by atoms with Crippen molar-refractivity contribution in [3.63, 3.8) is 0 Å². The summed E-state index contributed by atoms with van der Waals surface area (Å²) >= 11 is 7.57. The number of imidazole rings is 1. The van der Waals surface area contributed by atoms with Gasteiger partial charge in [0.1, 0.15) is 0 Å². The third-order valence-electron chi connectivity index (χ3n) is 5.85. The summed E-state index contributed by atoms with van der Waals surface area (Å²) in [6.45, 7) is 0.612. The lowest BCUT2D eigenvalue weighted by atomic mass is 10.1. The van der Waals surface area contributed by atoms with Gasteiger partial charge in [0, 0.05) is 31.5 Å². The van der Waals surface area contributed by atoms with Gasteiger partial charge in [0.2, 0.25) is 10.7 Å². The van der Waals surface area contributed by atoms with Crippen molar-refractivity contribution in [2.45, 2.75) is 6.54 Å². The summed E-state index contributed by atoms with van der Waals surface area (Å²) in [4.78, 5) is 30.2. The summed E-state index contributed by atoms with van der Waals surface area (Å²) in [5.41, 5.74) is 5.90. The highest BCUT2D eigenvalue weighted by molar-refractivity contribution is 7.07. The molecule has 0 saturated heterocycles. The van der Waals surface area contributed by atoms with Gasteiger partial charge in [-0.25, -0.2) is 10.2 Å². The lowest BCUT2D eigenvalue weighted by Crippen LogP contribution is -2.37. The van der Waals surface area contributed by atoms with Gasteiger partial charge in [-0.2, -0.15) is 4.98 Å². The number of thiazole rings is 1. The third kappa shape index (κ3) is 4.11. The van der Waals surface area contributed by atoms with E-state index in [4.69, 9.17) is 11.6 Å². The smallest absolute Gasteiger partial charge is 0.311 e. The number of rotatable bonds is 5. The Kier molecular flexibility index (Phi) is 5.91. The Morgan fingerprint density at radius 2 is 1.69 bits per heavy atom. The molecule has 0 aliphatic rings. The number of nitrogens with zero attached hydrogens (tertiary/aromatic N) is 6. The van der Waals surface area contributed by atoms with Crippen LogP contribution in [-0.4, -0.2) is 23.3 Å². The van der Waals surface area contributed by atoms with Gasteiger partial charge in [-0.3, -0.25) is 13.9 Å². The summed E-state index contributed by atoms with van der Waals surface area (Å²) in [6, 6.07) is 17.8. The molecule has 5 rings (SSSR count). The highest BCUT2D eigenvalue weighted by Gasteiger charge is 2.17. The quantitative estimate of drug-likeness (QED) is 0.370. The maximum absolute atomic E-state index is 12.7. The molecule has 0 fully saturated rings. The molecule has 0 aliphatic carbocycles. The van der Waals surface area contributed by atoms with Crippen LogP contribution in [0.3, 0.4) is 0 Å². The molecule has 0 atom stereocenters. The standard InChI is InChI=1S/C24H22ClN7O2S/c1-29-19-20(30(2)24(34)31(3)21(19)33)26-22(29)27-28-23-32(13-15-7-5-4-6-8-15)18(14-35-23)16-9-11-17(25)12-10-16/h4-12,14H,13H2,1-3H3,(H,26,27)/b28-23-. The van der Waals surface area contributed by atoms with Gasteiger partial charge in [0.05, 0.1) is 12.2 Å². The molecule has 0 aliphatic heterocycles. The molecule has 11 heteroatoms. The summed E-state index contributed by atoms with van der Waals surface area (Å²) < 4.78 is 6.13. The van der Waals surface area contributed by atoms with E-state index in [2.05, 4.69) is 32.2 Å². The molecular weight excluding hydrogens is 486 g/mol. The van der Waals surface area contributed by atoms with E-state index in [1.165, 1.54) is 23.0 Å². The average molecular weight is 508 g/mol. The van der Waals surface area contributed by atoms with Gasteiger partial charge in [0.15, 0.2) is 11.2 Å². The van der Waals surface area contributed by atoms with E-state index in [0.29, 0.717) is 33.5 Å². The minimum absolute atomic E-state index is 0.295. The van der Waals surface area contributed by atoms with Crippen LogP contribution in [0.4, 0.5) is 5.95 Å². The molecule has 0 radical (unpaired) electrons. The molecule has 0 saturated carbocycles. The van der Waals surface area contributed by atoms with Gasteiger partial charge in [-0.05, 0) is 23.3 Å². The van der Waals surface area contributed by atoms with Gasteiger partial charge in [-0.1, -0.05) is 54.1 Å². The van der Waals surface area contributed by atoms with Crippen LogP contribution in [0.2, 0.25) is 5.02 Å². The van der Waals surface area contributed by atoms with Crippen LogP contribution >= 0.6 is 22.9 Å². The number of fused-ring (bicyclic) bond motifs is 1. The van der Waals surface area contributed by atoms with Gasteiger partial charge in [0.25, 0.3) is 5.56 Å². The van der Waals surface area contributed by atoms with E-state index in [1.807, 2.05) is 47.8 Å². The van der Waals surface area contributed by atoms with Crippen molar-refractivity contribution in [1.82, 2.24) is 23.3 Å². The Hall–Kier alpha value is -3.89. The maximum Gasteiger partial charge on any atom is 0.332 e. The van der Waals surface area contributed by atoms with E-state index in [1.54, 1.807) is 18.7 Å². The monoisotopic (exact) mass is 507 g/mol. The Bertz CT molecular complexity index is 1720. The third-order valence-corrected chi connectivity index (χ3v) is 6.96. The van der Waals surface area contributed by atoms with E-state index in [0.717, 1.165) is 21.4 Å². The molecule has 3 aromatic heterocycles. The summed E-state index contributed by atoms with van der Waals surface area (Å²) in [6.07, 6.45) is 0. The van der Waals surface area contributed by atoms with Crippen LogP contribution in [0.25, 0.3) is 22.4 Å². The van der Waals surface area contributed by atoms with Crippen LogP contribution in [0, 0.1) is 0 Å². The molecule has 5 aromatic rings. The first-order valence-electron chi connectivity index (χ1n) is 10.8. The summed E-state index contributed by atoms with van der Waals surface area (Å²) in [5, 5.41) is 7.34. The second-order valence-corrected chi connectivity index (χ2v) is 9.35. The molecule has 9 nitrogen and oxygen atoms in total. The number of benzene rings is 2. The lowest BCUT2D eigenvalue weighted by Gasteiger charge is -2.10. The molecule has 0 bridgehead atoms. The zero-order valence-corrected chi connectivity index (χ0v) is 20.8. The fraction of sp³-hybridized carbons (Fsp3) is 0.167. The van der Waals surface area contributed by atoms with E-state index >= 15 is 0 Å². The Labute approximate surface area is 208 Å². The number of aryl methyl sites for hydroxylation is 2. The van der Waals surface area contributed by atoms with Crippen molar-refractivity contribution in [1.29, 1.82) is 0 Å². The molecule has 2 aromatic carbocycles. The minimum atomic E-state index is -0.435. The predicted molar refractivity (Wildman–Crippen MR) is 139 cm³/mol. The topological polar surface area (TPSA) is 91.1 Å². The average Bonchev–Trinajstić information content (AvgIpc) is 3.41. The Balaban J connectivity index is 1.61. The van der Waals surface area contributed by atoms with Crippen LogP contribution in [0.5, 0.6) is 0 Å². The minimum Gasteiger partial charge on any atom is -0.311 e. The Morgan fingerprint density at radius 3 is 2.40 bits per heavy atom. The molecular formula is C24H22ClN7O2S. The maximum atomic E-state index is 12.7. The van der Waals surface area contributed by atoms with Crippen molar-refractivity contribution >= 4 is 40.0 Å². The van der Waals surface area contributed by atoms with Crippen molar-refractivity contribution in [3.8, 4) is 11.3 Å². The van der Waals surface area contributed by atoms with E-state index < -0.39 is 11.2 Å². The number of anilines is 1. The molecule has 0 spiro atoms. The number of aromatic nitrogens is 5. The molecule has 178 valence electrons. The second kappa shape index (κ2) is 9.05. The van der Waals surface area contributed by atoms with Crippen molar-refractivity contribution < 1.29 is 0 Å². The normalized spacial score (nSPS) is 11.9.